The molecular weight excluding hydrogens is 243 g/mol. The number of nitrogen functional groups attached to an aromatic ring is 1. The zero-order valence-electron chi connectivity index (χ0n) is 8.67. The summed E-state index contributed by atoms with van der Waals surface area (Å²) >= 11 is 0. The van der Waals surface area contributed by atoms with Gasteiger partial charge in [0, 0.05) is 11.9 Å². The van der Waals surface area contributed by atoms with Crippen LogP contribution >= 0.6 is 0 Å². The van der Waals surface area contributed by atoms with E-state index in [-0.39, 0.29) is 9.92 Å². The lowest BCUT2D eigenvalue weighted by molar-refractivity contribution is 0.591. The van der Waals surface area contributed by atoms with E-state index in [1.165, 1.54) is 30.5 Å². The maximum absolute atomic E-state index is 12.7. The van der Waals surface area contributed by atoms with E-state index in [0.717, 1.165) is 12.1 Å². The molecule has 0 spiro atoms. The SMILES string of the molecule is Nc1ccnc(S(=O)(=O)c2ccc(F)cc2)c1. The van der Waals surface area contributed by atoms with Gasteiger partial charge in [0.05, 0.1) is 4.90 Å². The van der Waals surface area contributed by atoms with E-state index in [1.807, 2.05) is 0 Å². The molecule has 0 saturated heterocycles. The van der Waals surface area contributed by atoms with Crippen molar-refractivity contribution < 1.29 is 12.8 Å². The molecule has 17 heavy (non-hydrogen) atoms. The third-order valence-corrected chi connectivity index (χ3v) is 3.82. The molecule has 0 aliphatic rings. The van der Waals surface area contributed by atoms with E-state index in [1.54, 1.807) is 0 Å². The van der Waals surface area contributed by atoms with Gasteiger partial charge in [0.25, 0.3) is 0 Å². The standard InChI is InChI=1S/C11H9FN2O2S/c12-8-1-3-10(4-2-8)17(15,16)11-7-9(13)5-6-14-11/h1-7H,(H2,13,14). The van der Waals surface area contributed by atoms with Gasteiger partial charge < -0.3 is 5.73 Å². The number of hydrogen-bond acceptors (Lipinski definition) is 4. The van der Waals surface area contributed by atoms with E-state index >= 15 is 0 Å². The normalized spacial score (nSPS) is 11.4. The van der Waals surface area contributed by atoms with Crippen LogP contribution in [0.5, 0.6) is 0 Å². The van der Waals surface area contributed by atoms with Crippen LogP contribution in [0, 0.1) is 5.82 Å². The Hall–Kier alpha value is -1.95. The summed E-state index contributed by atoms with van der Waals surface area (Å²) in [4.78, 5) is 3.73. The molecule has 0 amide bonds. The van der Waals surface area contributed by atoms with Crippen LogP contribution < -0.4 is 5.73 Å². The highest BCUT2D eigenvalue weighted by Gasteiger charge is 2.19. The lowest BCUT2D eigenvalue weighted by Crippen LogP contribution is -2.05. The lowest BCUT2D eigenvalue weighted by Gasteiger charge is -2.04. The van der Waals surface area contributed by atoms with Crippen molar-refractivity contribution in [2.45, 2.75) is 9.92 Å². The molecule has 6 heteroatoms. The highest BCUT2D eigenvalue weighted by molar-refractivity contribution is 7.91. The van der Waals surface area contributed by atoms with E-state index in [0.29, 0.717) is 5.69 Å². The van der Waals surface area contributed by atoms with E-state index in [9.17, 15) is 12.8 Å². The van der Waals surface area contributed by atoms with Crippen LogP contribution in [-0.2, 0) is 9.84 Å². The molecule has 0 aliphatic carbocycles. The summed E-state index contributed by atoms with van der Waals surface area (Å²) in [6.45, 7) is 0. The Labute approximate surface area is 97.8 Å². The van der Waals surface area contributed by atoms with Gasteiger partial charge in [-0.1, -0.05) is 0 Å². The van der Waals surface area contributed by atoms with Crippen molar-refractivity contribution in [1.82, 2.24) is 4.98 Å². The first-order chi connectivity index (χ1) is 8.00. The van der Waals surface area contributed by atoms with Crippen molar-refractivity contribution in [2.24, 2.45) is 0 Å². The number of halogens is 1. The second kappa shape index (κ2) is 4.14. The molecule has 2 N–H and O–H groups in total. The van der Waals surface area contributed by atoms with Crippen LogP contribution in [0.4, 0.5) is 10.1 Å². The van der Waals surface area contributed by atoms with Crippen LogP contribution in [-0.4, -0.2) is 13.4 Å². The fourth-order valence-electron chi connectivity index (χ4n) is 1.31. The summed E-state index contributed by atoms with van der Waals surface area (Å²) in [5.74, 6) is -0.496. The molecule has 0 atom stereocenters. The second-order valence-electron chi connectivity index (χ2n) is 3.38. The van der Waals surface area contributed by atoms with Crippen molar-refractivity contribution in [3.05, 3.63) is 48.4 Å². The van der Waals surface area contributed by atoms with Gasteiger partial charge in [0.15, 0.2) is 5.03 Å². The van der Waals surface area contributed by atoms with Gasteiger partial charge >= 0.3 is 0 Å². The number of aromatic nitrogens is 1. The Bertz CT molecular complexity index is 639. The number of hydrogen-bond donors (Lipinski definition) is 1. The quantitative estimate of drug-likeness (QED) is 0.824. The van der Waals surface area contributed by atoms with Gasteiger partial charge in [-0.05, 0) is 36.4 Å². The maximum Gasteiger partial charge on any atom is 0.223 e. The van der Waals surface area contributed by atoms with Gasteiger partial charge in [-0.3, -0.25) is 0 Å². The number of sulfone groups is 1. The van der Waals surface area contributed by atoms with Crippen LogP contribution in [0.25, 0.3) is 0 Å². The Kier molecular flexibility index (Phi) is 2.81. The molecule has 0 unspecified atom stereocenters. The molecule has 88 valence electrons. The first kappa shape index (κ1) is 11.5. The number of pyridine rings is 1. The first-order valence-corrected chi connectivity index (χ1v) is 6.20. The summed E-state index contributed by atoms with van der Waals surface area (Å²) < 4.78 is 36.8. The minimum absolute atomic E-state index is 0.0167. The molecule has 0 saturated carbocycles. The van der Waals surface area contributed by atoms with Gasteiger partial charge in [-0.2, -0.15) is 0 Å². The summed E-state index contributed by atoms with van der Waals surface area (Å²) in [6, 6.07) is 7.30. The molecule has 2 rings (SSSR count). The lowest BCUT2D eigenvalue weighted by atomic mass is 10.4. The number of rotatable bonds is 2. The third-order valence-electron chi connectivity index (χ3n) is 2.16. The number of anilines is 1. The Morgan fingerprint density at radius 1 is 1.12 bits per heavy atom. The predicted octanol–water partition coefficient (Wildman–Crippen LogP) is 1.64. The average molecular weight is 252 g/mol. The van der Waals surface area contributed by atoms with Crippen LogP contribution in [0.1, 0.15) is 0 Å². The largest absolute Gasteiger partial charge is 0.399 e. The molecule has 4 nitrogen and oxygen atoms in total. The molecule has 0 radical (unpaired) electrons. The van der Waals surface area contributed by atoms with Crippen LogP contribution in [0.3, 0.4) is 0 Å². The molecule has 0 fully saturated rings. The minimum atomic E-state index is -3.74. The number of nitrogens with zero attached hydrogens (tertiary/aromatic N) is 1. The topological polar surface area (TPSA) is 73.0 Å². The van der Waals surface area contributed by atoms with E-state index < -0.39 is 15.7 Å². The fraction of sp³-hybridized carbons (Fsp3) is 0. The molecule has 1 heterocycles. The molecule has 2 aromatic rings. The molecule has 0 aliphatic heterocycles. The zero-order valence-corrected chi connectivity index (χ0v) is 9.49. The highest BCUT2D eigenvalue weighted by atomic mass is 32.2. The molecule has 0 bridgehead atoms. The van der Waals surface area contributed by atoms with E-state index in [4.69, 9.17) is 5.73 Å². The number of nitrogens with two attached hydrogens (primary N) is 1. The Balaban J connectivity index is 2.54. The second-order valence-corrected chi connectivity index (χ2v) is 5.28. The number of benzene rings is 1. The van der Waals surface area contributed by atoms with Crippen molar-refractivity contribution in [2.75, 3.05) is 5.73 Å². The third kappa shape index (κ3) is 2.26. The zero-order chi connectivity index (χ0) is 12.5. The Morgan fingerprint density at radius 3 is 2.35 bits per heavy atom. The summed E-state index contributed by atoms with van der Waals surface area (Å²) in [5.41, 5.74) is 5.80. The molecule has 1 aromatic heterocycles. The molecular formula is C11H9FN2O2S. The van der Waals surface area contributed by atoms with Gasteiger partial charge in [0.2, 0.25) is 9.84 Å². The smallest absolute Gasteiger partial charge is 0.223 e. The maximum atomic E-state index is 12.7. The monoisotopic (exact) mass is 252 g/mol. The summed E-state index contributed by atoms with van der Waals surface area (Å²) in [7, 11) is -3.74. The van der Waals surface area contributed by atoms with Crippen LogP contribution in [0.15, 0.2) is 52.5 Å². The van der Waals surface area contributed by atoms with Gasteiger partial charge in [-0.25, -0.2) is 17.8 Å². The Morgan fingerprint density at radius 2 is 1.76 bits per heavy atom. The van der Waals surface area contributed by atoms with E-state index in [2.05, 4.69) is 4.98 Å². The average Bonchev–Trinajstić information content (AvgIpc) is 2.29. The fourth-order valence-corrected chi connectivity index (χ4v) is 2.53. The summed E-state index contributed by atoms with van der Waals surface area (Å²) in [5, 5.41) is -0.149. The summed E-state index contributed by atoms with van der Waals surface area (Å²) in [6.07, 6.45) is 1.31. The van der Waals surface area contributed by atoms with Gasteiger partial charge in [0.1, 0.15) is 5.82 Å². The molecule has 1 aromatic carbocycles. The predicted molar refractivity (Wildman–Crippen MR) is 60.5 cm³/mol. The van der Waals surface area contributed by atoms with Crippen molar-refractivity contribution in [3.8, 4) is 0 Å². The first-order valence-electron chi connectivity index (χ1n) is 4.72. The minimum Gasteiger partial charge on any atom is -0.399 e. The van der Waals surface area contributed by atoms with Gasteiger partial charge in [-0.15, -0.1) is 0 Å². The van der Waals surface area contributed by atoms with Crippen molar-refractivity contribution in [1.29, 1.82) is 0 Å². The van der Waals surface area contributed by atoms with Crippen molar-refractivity contribution >= 4 is 15.5 Å². The van der Waals surface area contributed by atoms with Crippen LogP contribution in [0.2, 0.25) is 0 Å². The van der Waals surface area contributed by atoms with Crippen molar-refractivity contribution in [3.63, 3.8) is 0 Å². The highest BCUT2D eigenvalue weighted by Crippen LogP contribution is 2.20.